The van der Waals surface area contributed by atoms with Gasteiger partial charge >= 0.3 is 6.01 Å². The topological polar surface area (TPSA) is 73.3 Å². The molecule has 8 heteroatoms. The lowest BCUT2D eigenvalue weighted by atomic mass is 10.2. The van der Waals surface area contributed by atoms with Gasteiger partial charge in [0.05, 0.1) is 20.4 Å². The van der Waals surface area contributed by atoms with E-state index >= 15 is 0 Å². The fourth-order valence-corrected chi connectivity index (χ4v) is 1.52. The number of aromatic nitrogens is 2. The summed E-state index contributed by atoms with van der Waals surface area (Å²) >= 11 is 0. The fourth-order valence-electron chi connectivity index (χ4n) is 1.52. The zero-order chi connectivity index (χ0) is 15.4. The molecule has 0 aliphatic heterocycles. The predicted molar refractivity (Wildman–Crippen MR) is 69.4 cm³/mol. The van der Waals surface area contributed by atoms with Crippen molar-refractivity contribution in [1.29, 1.82) is 0 Å². The first-order chi connectivity index (χ1) is 10.0. The molecule has 0 fully saturated rings. The number of nitrogens with one attached hydrogen (secondary N) is 1. The Bertz CT molecular complexity index is 680. The summed E-state index contributed by atoms with van der Waals surface area (Å²) in [4.78, 5) is 19.7. The van der Waals surface area contributed by atoms with Crippen LogP contribution in [0.15, 0.2) is 24.4 Å². The van der Waals surface area contributed by atoms with Crippen LogP contribution < -0.4 is 14.8 Å². The van der Waals surface area contributed by atoms with Crippen molar-refractivity contribution in [3.63, 3.8) is 0 Å². The van der Waals surface area contributed by atoms with Gasteiger partial charge in [0.2, 0.25) is 5.88 Å². The van der Waals surface area contributed by atoms with Crippen LogP contribution in [0.4, 0.5) is 14.5 Å². The average molecular weight is 295 g/mol. The molecule has 110 valence electrons. The Morgan fingerprint density at radius 2 is 1.95 bits per heavy atom. The zero-order valence-electron chi connectivity index (χ0n) is 11.2. The highest BCUT2D eigenvalue weighted by atomic mass is 19.2. The molecule has 0 aliphatic carbocycles. The van der Waals surface area contributed by atoms with Gasteiger partial charge in [0.1, 0.15) is 5.69 Å². The van der Waals surface area contributed by atoms with Crippen molar-refractivity contribution in [2.75, 3.05) is 19.5 Å². The highest BCUT2D eigenvalue weighted by Gasteiger charge is 2.14. The second-order valence-electron chi connectivity index (χ2n) is 3.86. The van der Waals surface area contributed by atoms with E-state index < -0.39 is 17.5 Å². The third-order valence-corrected chi connectivity index (χ3v) is 2.54. The third-order valence-electron chi connectivity index (χ3n) is 2.54. The van der Waals surface area contributed by atoms with Gasteiger partial charge in [-0.05, 0) is 18.2 Å². The van der Waals surface area contributed by atoms with Gasteiger partial charge in [-0.25, -0.2) is 13.8 Å². The van der Waals surface area contributed by atoms with Crippen LogP contribution in [0.25, 0.3) is 0 Å². The Kier molecular flexibility index (Phi) is 4.27. The summed E-state index contributed by atoms with van der Waals surface area (Å²) in [5.41, 5.74) is 0.125. The molecule has 1 heterocycles. The number of halogens is 2. The molecule has 1 aromatic carbocycles. The number of amides is 1. The Morgan fingerprint density at radius 1 is 1.19 bits per heavy atom. The van der Waals surface area contributed by atoms with Gasteiger partial charge in [0.15, 0.2) is 11.6 Å². The van der Waals surface area contributed by atoms with E-state index in [2.05, 4.69) is 15.3 Å². The minimum Gasteiger partial charge on any atom is -0.479 e. The fraction of sp³-hybridized carbons (Fsp3) is 0.154. The van der Waals surface area contributed by atoms with Gasteiger partial charge in [0.25, 0.3) is 5.91 Å². The van der Waals surface area contributed by atoms with Crippen molar-refractivity contribution in [3.8, 4) is 11.9 Å². The lowest BCUT2D eigenvalue weighted by molar-refractivity contribution is 0.102. The number of ether oxygens (including phenoxy) is 2. The molecule has 0 atom stereocenters. The molecule has 0 saturated heterocycles. The molecule has 0 bridgehead atoms. The number of hydrogen-bond acceptors (Lipinski definition) is 5. The second-order valence-corrected chi connectivity index (χ2v) is 3.86. The first-order valence-electron chi connectivity index (χ1n) is 5.76. The van der Waals surface area contributed by atoms with Crippen molar-refractivity contribution < 1.29 is 23.0 Å². The maximum atomic E-state index is 13.1. The van der Waals surface area contributed by atoms with Crippen molar-refractivity contribution in [1.82, 2.24) is 9.97 Å². The third kappa shape index (κ3) is 3.22. The summed E-state index contributed by atoms with van der Waals surface area (Å²) in [6.45, 7) is 0. The van der Waals surface area contributed by atoms with Crippen LogP contribution in [0.5, 0.6) is 11.9 Å². The average Bonchev–Trinajstić information content (AvgIpc) is 2.50. The van der Waals surface area contributed by atoms with E-state index in [0.29, 0.717) is 0 Å². The molecular formula is C13H11F2N3O3. The number of methoxy groups -OCH3 is 2. The van der Waals surface area contributed by atoms with Gasteiger partial charge in [-0.15, -0.1) is 0 Å². The molecule has 2 aromatic rings. The molecular weight excluding hydrogens is 284 g/mol. The van der Waals surface area contributed by atoms with Gasteiger partial charge in [-0.1, -0.05) is 0 Å². The van der Waals surface area contributed by atoms with Crippen LogP contribution in [-0.4, -0.2) is 30.1 Å². The molecule has 21 heavy (non-hydrogen) atoms. The molecule has 0 saturated carbocycles. The highest BCUT2D eigenvalue weighted by Crippen LogP contribution is 2.23. The summed E-state index contributed by atoms with van der Waals surface area (Å²) in [5.74, 6) is -2.71. The van der Waals surface area contributed by atoms with Crippen LogP contribution in [-0.2, 0) is 0 Å². The zero-order valence-corrected chi connectivity index (χ0v) is 11.2. The van der Waals surface area contributed by atoms with Crippen molar-refractivity contribution >= 4 is 11.6 Å². The summed E-state index contributed by atoms with van der Waals surface area (Å²) in [6.07, 6.45) is 1.28. The number of benzene rings is 1. The minimum absolute atomic E-state index is 0.0493. The van der Waals surface area contributed by atoms with E-state index in [1.165, 1.54) is 20.4 Å². The van der Waals surface area contributed by atoms with Crippen LogP contribution in [0.2, 0.25) is 0 Å². The van der Waals surface area contributed by atoms with E-state index in [1.807, 2.05) is 0 Å². The molecule has 0 radical (unpaired) electrons. The van der Waals surface area contributed by atoms with Crippen molar-refractivity contribution in [2.45, 2.75) is 0 Å². The van der Waals surface area contributed by atoms with Gasteiger partial charge < -0.3 is 14.8 Å². The Morgan fingerprint density at radius 3 is 2.57 bits per heavy atom. The quantitative estimate of drug-likeness (QED) is 0.934. The van der Waals surface area contributed by atoms with Crippen LogP contribution in [0.1, 0.15) is 10.4 Å². The largest absolute Gasteiger partial charge is 0.479 e. The summed E-state index contributed by atoms with van der Waals surface area (Å²) in [5, 5.41) is 2.44. The first kappa shape index (κ1) is 14.6. The number of carbonyl (C=O) groups excluding carboxylic acids is 1. The monoisotopic (exact) mass is 295 g/mol. The summed E-state index contributed by atoms with van der Waals surface area (Å²) in [7, 11) is 2.74. The predicted octanol–water partition coefficient (Wildman–Crippen LogP) is 2.02. The second kappa shape index (κ2) is 6.12. The van der Waals surface area contributed by atoms with Crippen LogP contribution >= 0.6 is 0 Å². The number of rotatable bonds is 4. The minimum atomic E-state index is -1.11. The van der Waals surface area contributed by atoms with E-state index in [9.17, 15) is 13.6 Å². The molecule has 0 spiro atoms. The highest BCUT2D eigenvalue weighted by molar-refractivity contribution is 6.04. The molecule has 2 rings (SSSR count). The molecule has 0 unspecified atom stereocenters. The van der Waals surface area contributed by atoms with E-state index in [1.54, 1.807) is 0 Å². The van der Waals surface area contributed by atoms with Gasteiger partial charge in [-0.3, -0.25) is 4.79 Å². The molecule has 1 N–H and O–H groups in total. The Hall–Kier alpha value is -2.77. The summed E-state index contributed by atoms with van der Waals surface area (Å²) < 4.78 is 35.7. The number of nitrogens with zero attached hydrogens (tertiary/aromatic N) is 2. The first-order valence-corrected chi connectivity index (χ1v) is 5.76. The SMILES string of the molecule is COc1ncc(NC(=O)c2ccc(F)c(F)c2)c(OC)n1. The maximum Gasteiger partial charge on any atom is 0.319 e. The molecule has 6 nitrogen and oxygen atoms in total. The molecule has 0 aliphatic rings. The van der Waals surface area contributed by atoms with E-state index in [4.69, 9.17) is 9.47 Å². The van der Waals surface area contributed by atoms with E-state index in [-0.39, 0.29) is 23.1 Å². The normalized spacial score (nSPS) is 10.1. The number of hydrogen-bond donors (Lipinski definition) is 1. The van der Waals surface area contributed by atoms with E-state index in [0.717, 1.165) is 18.2 Å². The van der Waals surface area contributed by atoms with Gasteiger partial charge in [0, 0.05) is 5.56 Å². The summed E-state index contributed by atoms with van der Waals surface area (Å²) in [6, 6.07) is 2.88. The molecule has 1 aromatic heterocycles. The number of anilines is 1. The Balaban J connectivity index is 2.24. The maximum absolute atomic E-state index is 13.1. The van der Waals surface area contributed by atoms with Crippen molar-refractivity contribution in [2.24, 2.45) is 0 Å². The Labute approximate surface area is 118 Å². The number of carbonyl (C=O) groups is 1. The lowest BCUT2D eigenvalue weighted by Gasteiger charge is -2.09. The van der Waals surface area contributed by atoms with Crippen LogP contribution in [0.3, 0.4) is 0 Å². The van der Waals surface area contributed by atoms with Gasteiger partial charge in [-0.2, -0.15) is 4.98 Å². The standard InChI is InChI=1S/C13H11F2N3O3/c1-20-12-10(6-16-13(18-12)21-2)17-11(19)7-3-4-8(14)9(15)5-7/h3-6H,1-2H3,(H,17,19). The molecule has 1 amide bonds. The smallest absolute Gasteiger partial charge is 0.319 e. The van der Waals surface area contributed by atoms with Crippen LogP contribution in [0, 0.1) is 11.6 Å². The van der Waals surface area contributed by atoms with Crippen molar-refractivity contribution in [3.05, 3.63) is 41.6 Å². The lowest BCUT2D eigenvalue weighted by Crippen LogP contribution is -2.14.